The van der Waals surface area contributed by atoms with Crippen molar-refractivity contribution in [1.29, 1.82) is 0 Å². The van der Waals surface area contributed by atoms with Crippen molar-refractivity contribution < 1.29 is 19.2 Å². The number of carbonyl (C=O) groups is 4. The predicted octanol–water partition coefficient (Wildman–Crippen LogP) is -0.261. The number of likely N-dealkylation sites (N-methyl/N-ethyl adjacent to an activating group) is 2. The molecular formula is C18H22N4O4. The van der Waals surface area contributed by atoms with E-state index in [-0.39, 0.29) is 18.7 Å². The average Bonchev–Trinajstić information content (AvgIpc) is 2.84. The molecule has 1 aromatic carbocycles. The summed E-state index contributed by atoms with van der Waals surface area (Å²) in [6, 6.07) is 4.26. The Bertz CT molecular complexity index is 776. The fourth-order valence-electron chi connectivity index (χ4n) is 3.31. The van der Waals surface area contributed by atoms with E-state index < -0.39 is 23.8 Å². The number of benzene rings is 1. The van der Waals surface area contributed by atoms with Gasteiger partial charge in [0.05, 0.1) is 11.1 Å². The monoisotopic (exact) mass is 358 g/mol. The summed E-state index contributed by atoms with van der Waals surface area (Å²) in [6.07, 6.45) is 0.279. The lowest BCUT2D eigenvalue weighted by molar-refractivity contribution is -0.136. The third kappa shape index (κ3) is 3.38. The van der Waals surface area contributed by atoms with E-state index in [1.54, 1.807) is 12.1 Å². The highest BCUT2D eigenvalue weighted by Crippen LogP contribution is 2.28. The number of nitrogens with one attached hydrogen (secondary N) is 2. The fourth-order valence-corrected chi connectivity index (χ4v) is 3.31. The fraction of sp³-hybridized carbons (Fsp3) is 0.444. The predicted molar refractivity (Wildman–Crippen MR) is 93.4 cm³/mol. The minimum absolute atomic E-state index is 0.116. The summed E-state index contributed by atoms with van der Waals surface area (Å²) >= 11 is 0. The van der Waals surface area contributed by atoms with Crippen LogP contribution in [0.4, 0.5) is 0 Å². The van der Waals surface area contributed by atoms with E-state index in [0.717, 1.165) is 23.6 Å². The van der Waals surface area contributed by atoms with Gasteiger partial charge in [0.2, 0.25) is 11.8 Å². The molecule has 1 fully saturated rings. The van der Waals surface area contributed by atoms with Crippen molar-refractivity contribution >= 4 is 23.6 Å². The second-order valence-corrected chi connectivity index (χ2v) is 6.67. The van der Waals surface area contributed by atoms with Crippen LogP contribution in [0.1, 0.15) is 39.1 Å². The normalized spacial score (nSPS) is 20.0. The quantitative estimate of drug-likeness (QED) is 0.680. The summed E-state index contributed by atoms with van der Waals surface area (Å²) < 4.78 is 0. The van der Waals surface area contributed by atoms with Gasteiger partial charge in [0.25, 0.3) is 11.8 Å². The van der Waals surface area contributed by atoms with Crippen LogP contribution in [0.3, 0.4) is 0 Å². The van der Waals surface area contributed by atoms with Crippen LogP contribution in [0, 0.1) is 0 Å². The molecule has 0 spiro atoms. The van der Waals surface area contributed by atoms with Crippen molar-refractivity contribution in [2.45, 2.75) is 25.4 Å². The number of amides is 4. The van der Waals surface area contributed by atoms with Gasteiger partial charge in [-0.2, -0.15) is 0 Å². The Balaban J connectivity index is 1.79. The molecule has 1 aromatic rings. The van der Waals surface area contributed by atoms with Crippen molar-refractivity contribution in [1.82, 2.24) is 20.4 Å². The lowest BCUT2D eigenvalue weighted by atomic mass is 10.0. The summed E-state index contributed by atoms with van der Waals surface area (Å²) in [5.41, 5.74) is 1.55. The lowest BCUT2D eigenvalue weighted by Crippen LogP contribution is -2.54. The van der Waals surface area contributed by atoms with Crippen molar-refractivity contribution in [3.8, 4) is 0 Å². The molecule has 2 aliphatic rings. The zero-order chi connectivity index (χ0) is 18.8. The van der Waals surface area contributed by atoms with Gasteiger partial charge in [-0.15, -0.1) is 0 Å². The molecule has 2 N–H and O–H groups in total. The average molecular weight is 358 g/mol. The van der Waals surface area contributed by atoms with E-state index in [4.69, 9.17) is 0 Å². The number of rotatable bonds is 6. The molecule has 138 valence electrons. The standard InChI is InChI=1S/C18H22N4O4/c1-19-7-8-21(2)10-11-3-4-12-13(9-11)18(26)22(17(12)25)14-5-6-15(23)20-16(14)24/h3-4,9,14,19H,5-8,10H2,1-2H3,(H,20,23,24). The Kier molecular flexibility index (Phi) is 5.15. The van der Waals surface area contributed by atoms with Crippen LogP contribution in [0.15, 0.2) is 18.2 Å². The number of fused-ring (bicyclic) bond motifs is 1. The van der Waals surface area contributed by atoms with Gasteiger partial charge in [0, 0.05) is 26.1 Å². The molecule has 1 unspecified atom stereocenters. The number of hydrogen-bond acceptors (Lipinski definition) is 6. The number of nitrogens with zero attached hydrogens (tertiary/aromatic N) is 2. The Morgan fingerprint density at radius 1 is 1.19 bits per heavy atom. The zero-order valence-corrected chi connectivity index (χ0v) is 14.9. The van der Waals surface area contributed by atoms with Crippen molar-refractivity contribution in [2.24, 2.45) is 0 Å². The molecule has 8 heteroatoms. The summed E-state index contributed by atoms with van der Waals surface area (Å²) in [5, 5.41) is 5.27. The van der Waals surface area contributed by atoms with E-state index in [2.05, 4.69) is 15.5 Å². The first-order valence-electron chi connectivity index (χ1n) is 8.60. The minimum Gasteiger partial charge on any atom is -0.318 e. The molecule has 0 aromatic heterocycles. The molecular weight excluding hydrogens is 336 g/mol. The zero-order valence-electron chi connectivity index (χ0n) is 14.9. The van der Waals surface area contributed by atoms with Gasteiger partial charge in [-0.1, -0.05) is 6.07 Å². The number of hydrogen-bond donors (Lipinski definition) is 2. The van der Waals surface area contributed by atoms with Crippen LogP contribution in [-0.4, -0.2) is 66.7 Å². The van der Waals surface area contributed by atoms with Gasteiger partial charge in [0.1, 0.15) is 6.04 Å². The number of piperidine rings is 1. The summed E-state index contributed by atoms with van der Waals surface area (Å²) in [5.74, 6) is -1.92. The lowest BCUT2D eigenvalue weighted by Gasteiger charge is -2.27. The third-order valence-electron chi connectivity index (χ3n) is 4.70. The molecule has 0 bridgehead atoms. The maximum Gasteiger partial charge on any atom is 0.262 e. The minimum atomic E-state index is -0.929. The van der Waals surface area contributed by atoms with E-state index in [9.17, 15) is 19.2 Å². The van der Waals surface area contributed by atoms with Crippen LogP contribution in [0.25, 0.3) is 0 Å². The summed E-state index contributed by atoms with van der Waals surface area (Å²) in [7, 11) is 3.87. The van der Waals surface area contributed by atoms with Crippen LogP contribution >= 0.6 is 0 Å². The first kappa shape index (κ1) is 18.2. The van der Waals surface area contributed by atoms with Crippen molar-refractivity contribution in [2.75, 3.05) is 27.2 Å². The maximum atomic E-state index is 12.8. The van der Waals surface area contributed by atoms with E-state index >= 15 is 0 Å². The van der Waals surface area contributed by atoms with E-state index in [0.29, 0.717) is 17.7 Å². The Hall–Kier alpha value is -2.58. The highest BCUT2D eigenvalue weighted by molar-refractivity contribution is 6.23. The SMILES string of the molecule is CNCCN(C)Cc1ccc2c(c1)C(=O)N(C1CCC(=O)NC1=O)C2=O. The van der Waals surface area contributed by atoms with Crippen LogP contribution in [-0.2, 0) is 16.1 Å². The van der Waals surface area contributed by atoms with E-state index in [1.165, 1.54) is 0 Å². The van der Waals surface area contributed by atoms with Crippen LogP contribution < -0.4 is 10.6 Å². The molecule has 0 radical (unpaired) electrons. The maximum absolute atomic E-state index is 12.8. The second-order valence-electron chi connectivity index (χ2n) is 6.67. The number of imide groups is 2. The van der Waals surface area contributed by atoms with Crippen LogP contribution in [0.5, 0.6) is 0 Å². The third-order valence-corrected chi connectivity index (χ3v) is 4.70. The molecule has 0 aliphatic carbocycles. The Labute approximate surface area is 151 Å². The van der Waals surface area contributed by atoms with Crippen LogP contribution in [0.2, 0.25) is 0 Å². The van der Waals surface area contributed by atoms with Gasteiger partial charge in [-0.05, 0) is 38.2 Å². The smallest absolute Gasteiger partial charge is 0.262 e. The van der Waals surface area contributed by atoms with Gasteiger partial charge >= 0.3 is 0 Å². The highest BCUT2D eigenvalue weighted by Gasteiger charge is 2.44. The first-order valence-corrected chi connectivity index (χ1v) is 8.60. The topological polar surface area (TPSA) is 98.8 Å². The number of carbonyl (C=O) groups excluding carboxylic acids is 4. The molecule has 8 nitrogen and oxygen atoms in total. The summed E-state index contributed by atoms with van der Waals surface area (Å²) in [6.45, 7) is 2.35. The highest BCUT2D eigenvalue weighted by atomic mass is 16.2. The molecule has 1 saturated heterocycles. The molecule has 1 atom stereocenters. The van der Waals surface area contributed by atoms with Gasteiger partial charge in [0.15, 0.2) is 0 Å². The largest absolute Gasteiger partial charge is 0.318 e. The molecule has 4 amide bonds. The van der Waals surface area contributed by atoms with E-state index in [1.807, 2.05) is 20.2 Å². The first-order chi connectivity index (χ1) is 12.4. The van der Waals surface area contributed by atoms with Gasteiger partial charge in [-0.3, -0.25) is 29.4 Å². The summed E-state index contributed by atoms with van der Waals surface area (Å²) in [4.78, 5) is 51.8. The molecule has 26 heavy (non-hydrogen) atoms. The molecule has 0 saturated carbocycles. The molecule has 2 aliphatic heterocycles. The molecule has 2 heterocycles. The van der Waals surface area contributed by atoms with Crippen molar-refractivity contribution in [3.63, 3.8) is 0 Å². The Morgan fingerprint density at radius 3 is 2.62 bits per heavy atom. The van der Waals surface area contributed by atoms with Crippen molar-refractivity contribution in [3.05, 3.63) is 34.9 Å². The molecule has 3 rings (SSSR count). The second kappa shape index (κ2) is 7.35. The van der Waals surface area contributed by atoms with Gasteiger partial charge < -0.3 is 10.2 Å². The Morgan fingerprint density at radius 2 is 1.92 bits per heavy atom. The van der Waals surface area contributed by atoms with Gasteiger partial charge in [-0.25, -0.2) is 0 Å².